The average Bonchev–Trinajstić information content (AvgIpc) is 2.79. The smallest absolute Gasteiger partial charge is 0.336 e. The number of fused-ring (bicyclic) bond motifs is 1. The van der Waals surface area contributed by atoms with E-state index in [1.807, 2.05) is 0 Å². The van der Waals surface area contributed by atoms with Crippen molar-refractivity contribution in [3.05, 3.63) is 59.2 Å². The van der Waals surface area contributed by atoms with Gasteiger partial charge < -0.3 is 20.2 Å². The van der Waals surface area contributed by atoms with E-state index in [0.717, 1.165) is 45.4 Å². The quantitative estimate of drug-likeness (QED) is 0.400. The third kappa shape index (κ3) is 6.22. The first kappa shape index (κ1) is 30.5. The topological polar surface area (TPSA) is 85.8 Å². The van der Waals surface area contributed by atoms with Crippen molar-refractivity contribution in [2.24, 2.45) is 5.92 Å². The number of pyridine rings is 1. The Kier molecular flexibility index (Phi) is 10.4. The number of piperazine rings is 1. The summed E-state index contributed by atoms with van der Waals surface area (Å²) >= 11 is 0. The van der Waals surface area contributed by atoms with Crippen molar-refractivity contribution in [1.29, 1.82) is 0 Å². The van der Waals surface area contributed by atoms with Gasteiger partial charge in [-0.05, 0) is 68.1 Å². The lowest BCUT2D eigenvalue weighted by molar-refractivity contribution is -0.122. The van der Waals surface area contributed by atoms with Gasteiger partial charge in [0.15, 0.2) is 0 Å². The molecule has 2 aromatic carbocycles. The van der Waals surface area contributed by atoms with Crippen LogP contribution in [0.1, 0.15) is 40.7 Å². The molecule has 1 aliphatic heterocycles. The van der Waals surface area contributed by atoms with Crippen LogP contribution in [0, 0.1) is 19.8 Å². The number of carbonyl (C=O) groups excluding carboxylic acids is 1. The highest BCUT2D eigenvalue weighted by atomic mass is 35.5. The molecule has 2 heterocycles. The van der Waals surface area contributed by atoms with E-state index in [0.29, 0.717) is 22.4 Å². The summed E-state index contributed by atoms with van der Waals surface area (Å²) in [5.74, 6) is -0.243. The minimum Gasteiger partial charge on any atom is -0.478 e. The first-order valence-corrected chi connectivity index (χ1v) is 12.0. The van der Waals surface area contributed by atoms with E-state index in [2.05, 4.69) is 47.2 Å². The fourth-order valence-electron chi connectivity index (χ4n) is 4.80. The number of aromatic carboxylic acids is 1. The summed E-state index contributed by atoms with van der Waals surface area (Å²) in [5, 5.41) is 13.4. The van der Waals surface area contributed by atoms with Crippen LogP contribution in [0.15, 0.2) is 42.5 Å². The van der Waals surface area contributed by atoms with E-state index in [1.165, 1.54) is 16.8 Å². The number of anilines is 3. The highest BCUT2D eigenvalue weighted by Gasteiger charge is 2.26. The van der Waals surface area contributed by atoms with Crippen LogP contribution in [-0.2, 0) is 4.79 Å². The molecule has 2 N–H and O–H groups in total. The maximum Gasteiger partial charge on any atom is 0.336 e. The molecule has 37 heavy (non-hydrogen) atoms. The summed E-state index contributed by atoms with van der Waals surface area (Å²) in [6.45, 7) is 7.51. The number of amides is 1. The zero-order valence-electron chi connectivity index (χ0n) is 20.9. The van der Waals surface area contributed by atoms with Gasteiger partial charge in [-0.1, -0.05) is 18.6 Å². The number of carbonyl (C=O) groups is 2. The molecule has 0 bridgehead atoms. The van der Waals surface area contributed by atoms with Crippen LogP contribution >= 0.6 is 37.2 Å². The summed E-state index contributed by atoms with van der Waals surface area (Å²) in [4.78, 5) is 33.8. The van der Waals surface area contributed by atoms with Gasteiger partial charge in [-0.25, -0.2) is 9.78 Å². The van der Waals surface area contributed by atoms with E-state index in [1.54, 1.807) is 24.3 Å². The molecule has 3 aromatic rings. The Morgan fingerprint density at radius 2 is 1.62 bits per heavy atom. The van der Waals surface area contributed by atoms with Crippen molar-refractivity contribution in [2.45, 2.75) is 33.1 Å². The average molecular weight is 568 g/mol. The van der Waals surface area contributed by atoms with Crippen molar-refractivity contribution in [2.75, 3.05) is 41.3 Å². The molecule has 1 aliphatic carbocycles. The Labute approximate surface area is 235 Å². The van der Waals surface area contributed by atoms with Crippen LogP contribution < -0.4 is 15.1 Å². The Morgan fingerprint density at radius 1 is 0.946 bits per heavy atom. The van der Waals surface area contributed by atoms with Gasteiger partial charge >= 0.3 is 5.97 Å². The molecular weight excluding hydrogens is 535 g/mol. The minimum atomic E-state index is -0.995. The van der Waals surface area contributed by atoms with Gasteiger partial charge in [-0.2, -0.15) is 0 Å². The third-order valence-corrected chi connectivity index (χ3v) is 7.29. The number of nitrogens with one attached hydrogen (secondary N) is 1. The van der Waals surface area contributed by atoms with Gasteiger partial charge in [0, 0.05) is 48.9 Å². The second-order valence-electron chi connectivity index (χ2n) is 9.38. The zero-order valence-corrected chi connectivity index (χ0v) is 23.3. The van der Waals surface area contributed by atoms with E-state index >= 15 is 0 Å². The molecule has 1 amide bonds. The SMILES string of the molecule is Cc1cccc(N2CCN(c3cc(C(=O)O)c4cc(NC(=O)C5CCC5)ccc4n3)CC2)c1C.Cl.Cl.Cl. The van der Waals surface area contributed by atoms with Crippen LogP contribution in [0.3, 0.4) is 0 Å². The molecule has 2 fully saturated rings. The van der Waals surface area contributed by atoms with Gasteiger partial charge in [0.2, 0.25) is 5.91 Å². The Hall–Kier alpha value is -2.74. The maximum absolute atomic E-state index is 12.3. The first-order chi connectivity index (χ1) is 16.4. The largest absolute Gasteiger partial charge is 0.478 e. The summed E-state index contributed by atoms with van der Waals surface area (Å²) < 4.78 is 0. The van der Waals surface area contributed by atoms with Crippen molar-refractivity contribution in [3.8, 4) is 0 Å². The predicted molar refractivity (Wildman–Crippen MR) is 157 cm³/mol. The number of rotatable bonds is 5. The van der Waals surface area contributed by atoms with Gasteiger partial charge in [-0.15, -0.1) is 37.2 Å². The molecule has 1 saturated heterocycles. The predicted octanol–water partition coefficient (Wildman–Crippen LogP) is 5.88. The molecule has 7 nitrogen and oxygen atoms in total. The fraction of sp³-hybridized carbons (Fsp3) is 0.370. The molecule has 0 radical (unpaired) electrons. The monoisotopic (exact) mass is 566 g/mol. The number of carboxylic acids is 1. The lowest BCUT2D eigenvalue weighted by atomic mass is 9.85. The molecular formula is C27H33Cl3N4O3. The van der Waals surface area contributed by atoms with Crippen molar-refractivity contribution in [1.82, 2.24) is 4.98 Å². The number of hydrogen-bond acceptors (Lipinski definition) is 5. The zero-order chi connectivity index (χ0) is 23.8. The second kappa shape index (κ2) is 12.7. The van der Waals surface area contributed by atoms with E-state index in [9.17, 15) is 14.7 Å². The Morgan fingerprint density at radius 3 is 2.24 bits per heavy atom. The van der Waals surface area contributed by atoms with Crippen LogP contribution in [-0.4, -0.2) is 48.1 Å². The number of nitrogens with zero attached hydrogens (tertiary/aromatic N) is 3. The summed E-state index contributed by atoms with van der Waals surface area (Å²) in [7, 11) is 0. The third-order valence-electron chi connectivity index (χ3n) is 7.29. The number of halogens is 3. The Balaban J connectivity index is 0.00000160. The van der Waals surface area contributed by atoms with Crippen LogP contribution in [0.25, 0.3) is 10.9 Å². The van der Waals surface area contributed by atoms with Gasteiger partial charge in [-0.3, -0.25) is 4.79 Å². The molecule has 5 rings (SSSR count). The Bertz CT molecular complexity index is 1280. The standard InChI is InChI=1S/C27H30N4O3.3ClH/c1-17-5-3-8-24(18(17)2)30-11-13-31(14-12-30)25-16-22(27(33)34)21-15-20(9-10-23(21)29-25)28-26(32)19-6-4-7-19;;;/h3,5,8-10,15-16,19H,4,6-7,11-14H2,1-2H3,(H,28,32)(H,33,34);3*1H. The molecule has 0 atom stereocenters. The number of benzene rings is 2. The molecule has 2 aliphatic rings. The minimum absolute atomic E-state index is 0. The molecule has 10 heteroatoms. The second-order valence-corrected chi connectivity index (χ2v) is 9.38. The van der Waals surface area contributed by atoms with Crippen LogP contribution in [0.4, 0.5) is 17.2 Å². The van der Waals surface area contributed by atoms with E-state index in [-0.39, 0.29) is 54.6 Å². The molecule has 0 unspecified atom stereocenters. The molecule has 1 aromatic heterocycles. The lowest BCUT2D eigenvalue weighted by Gasteiger charge is -2.37. The van der Waals surface area contributed by atoms with Crippen molar-refractivity contribution < 1.29 is 14.7 Å². The van der Waals surface area contributed by atoms with E-state index < -0.39 is 5.97 Å². The molecule has 1 saturated carbocycles. The molecule has 0 spiro atoms. The normalized spacial score (nSPS) is 15.1. The van der Waals surface area contributed by atoms with Crippen LogP contribution in [0.2, 0.25) is 0 Å². The van der Waals surface area contributed by atoms with Gasteiger partial charge in [0.05, 0.1) is 11.1 Å². The number of carboxylic acid groups (broad SMARTS) is 1. The molecule has 200 valence electrons. The summed E-state index contributed by atoms with van der Waals surface area (Å²) in [6, 6.07) is 13.4. The maximum atomic E-state index is 12.3. The van der Waals surface area contributed by atoms with Gasteiger partial charge in [0.25, 0.3) is 0 Å². The summed E-state index contributed by atoms with van der Waals surface area (Å²) in [5.41, 5.74) is 5.28. The lowest BCUT2D eigenvalue weighted by Crippen LogP contribution is -2.47. The summed E-state index contributed by atoms with van der Waals surface area (Å²) in [6.07, 6.45) is 2.92. The fourth-order valence-corrected chi connectivity index (χ4v) is 4.80. The highest BCUT2D eigenvalue weighted by molar-refractivity contribution is 6.05. The first-order valence-electron chi connectivity index (χ1n) is 12.0. The number of aromatic nitrogens is 1. The van der Waals surface area contributed by atoms with Crippen molar-refractivity contribution in [3.63, 3.8) is 0 Å². The van der Waals surface area contributed by atoms with E-state index in [4.69, 9.17) is 4.98 Å². The number of aryl methyl sites for hydroxylation is 1. The number of hydrogen-bond donors (Lipinski definition) is 2. The highest BCUT2D eigenvalue weighted by Crippen LogP contribution is 2.30. The van der Waals surface area contributed by atoms with Gasteiger partial charge in [0.1, 0.15) is 5.82 Å². The van der Waals surface area contributed by atoms with Crippen molar-refractivity contribution >= 4 is 77.2 Å². The van der Waals surface area contributed by atoms with Crippen LogP contribution in [0.5, 0.6) is 0 Å².